The highest BCUT2D eigenvalue weighted by atomic mass is 127. The summed E-state index contributed by atoms with van der Waals surface area (Å²) in [6.45, 7) is 1.27. The van der Waals surface area contributed by atoms with Gasteiger partial charge < -0.3 is 20.1 Å². The predicted octanol–water partition coefficient (Wildman–Crippen LogP) is 3.32. The maximum atomic E-state index is 5.51. The molecule has 0 unspecified atom stereocenters. The zero-order chi connectivity index (χ0) is 18.1. The van der Waals surface area contributed by atoms with E-state index in [1.54, 1.807) is 21.3 Å². The molecule has 0 aromatic heterocycles. The van der Waals surface area contributed by atoms with Crippen molar-refractivity contribution in [1.82, 2.24) is 10.6 Å². The predicted molar refractivity (Wildman–Crippen MR) is 118 cm³/mol. The van der Waals surface area contributed by atoms with Gasteiger partial charge in [0.25, 0.3) is 0 Å². The van der Waals surface area contributed by atoms with Crippen molar-refractivity contribution in [1.29, 1.82) is 0 Å². The van der Waals surface area contributed by atoms with Crippen molar-refractivity contribution in [2.24, 2.45) is 4.99 Å². The molecule has 2 rings (SSSR count). The maximum Gasteiger partial charge on any atom is 0.191 e. The van der Waals surface area contributed by atoms with Crippen molar-refractivity contribution in [3.05, 3.63) is 23.8 Å². The first-order valence-corrected chi connectivity index (χ1v) is 8.79. The molecule has 26 heavy (non-hydrogen) atoms. The Morgan fingerprint density at radius 2 is 1.85 bits per heavy atom. The van der Waals surface area contributed by atoms with Gasteiger partial charge in [0.2, 0.25) is 0 Å². The topological polar surface area (TPSA) is 54.9 Å². The lowest BCUT2D eigenvalue weighted by molar-refractivity contribution is 0.288. The molecule has 5 nitrogen and oxygen atoms in total. The van der Waals surface area contributed by atoms with Crippen LogP contribution in [0.1, 0.15) is 37.7 Å². The lowest BCUT2D eigenvalue weighted by Gasteiger charge is -2.38. The third-order valence-electron chi connectivity index (χ3n) is 4.98. The van der Waals surface area contributed by atoms with E-state index in [9.17, 15) is 0 Å². The minimum absolute atomic E-state index is 0. The molecule has 1 saturated carbocycles. The molecule has 6 heteroatoms. The highest BCUT2D eigenvalue weighted by molar-refractivity contribution is 14.0. The Morgan fingerprint density at radius 1 is 1.15 bits per heavy atom. The first kappa shape index (κ1) is 22.4. The summed E-state index contributed by atoms with van der Waals surface area (Å²) in [7, 11) is 5.10. The summed E-state index contributed by atoms with van der Waals surface area (Å²) in [6, 6.07) is 6.27. The Balaban J connectivity index is 0.00000338. The highest BCUT2D eigenvalue weighted by Gasteiger charge is 2.34. The number of halogens is 1. The molecule has 0 saturated heterocycles. The summed E-state index contributed by atoms with van der Waals surface area (Å²) in [5, 5.41) is 6.58. The molecular formula is C20H30IN3O2. The van der Waals surface area contributed by atoms with Gasteiger partial charge >= 0.3 is 0 Å². The SMILES string of the molecule is C#CCNC(=NC)NCC1(c2ccc(OC)c(OC)c2)CCCCC1.I. The second kappa shape index (κ2) is 11.2. The van der Waals surface area contributed by atoms with Gasteiger partial charge in [0.15, 0.2) is 17.5 Å². The molecule has 2 N–H and O–H groups in total. The lowest BCUT2D eigenvalue weighted by atomic mass is 9.69. The van der Waals surface area contributed by atoms with E-state index in [2.05, 4.69) is 33.7 Å². The van der Waals surface area contributed by atoms with E-state index in [4.69, 9.17) is 15.9 Å². The summed E-state index contributed by atoms with van der Waals surface area (Å²) < 4.78 is 10.9. The first-order chi connectivity index (χ1) is 12.2. The number of hydrogen-bond acceptors (Lipinski definition) is 3. The molecule has 0 bridgehead atoms. The highest BCUT2D eigenvalue weighted by Crippen LogP contribution is 2.42. The molecule has 0 radical (unpaired) electrons. The van der Waals surface area contributed by atoms with Crippen LogP contribution >= 0.6 is 24.0 Å². The smallest absolute Gasteiger partial charge is 0.191 e. The van der Waals surface area contributed by atoms with Crippen molar-refractivity contribution >= 4 is 29.9 Å². The van der Waals surface area contributed by atoms with Crippen molar-refractivity contribution in [2.75, 3.05) is 34.4 Å². The van der Waals surface area contributed by atoms with Crippen LogP contribution in [0.15, 0.2) is 23.2 Å². The molecule has 1 aromatic carbocycles. The number of terminal acetylenes is 1. The van der Waals surface area contributed by atoms with E-state index in [0.29, 0.717) is 6.54 Å². The maximum absolute atomic E-state index is 5.51. The number of nitrogens with one attached hydrogen (secondary N) is 2. The largest absolute Gasteiger partial charge is 0.493 e. The van der Waals surface area contributed by atoms with Crippen molar-refractivity contribution in [3.8, 4) is 23.8 Å². The zero-order valence-corrected chi connectivity index (χ0v) is 18.3. The van der Waals surface area contributed by atoms with Gasteiger partial charge in [-0.25, -0.2) is 0 Å². The van der Waals surface area contributed by atoms with Crippen molar-refractivity contribution in [3.63, 3.8) is 0 Å². The standard InChI is InChI=1S/C20H29N3O2.HI/c1-5-13-22-19(21-2)23-15-20(11-7-6-8-12-20)16-9-10-17(24-3)18(14-16)25-4;/h1,9-10,14H,6-8,11-13,15H2,2-4H3,(H2,21,22,23);1H. The molecule has 0 amide bonds. The van der Waals surface area contributed by atoms with Gasteiger partial charge in [0.05, 0.1) is 20.8 Å². The fourth-order valence-electron chi connectivity index (χ4n) is 3.57. The Hall–Kier alpha value is -1.62. The van der Waals surface area contributed by atoms with Gasteiger partial charge in [-0.15, -0.1) is 30.4 Å². The van der Waals surface area contributed by atoms with E-state index < -0.39 is 0 Å². The van der Waals surface area contributed by atoms with Crippen LogP contribution in [0.2, 0.25) is 0 Å². The minimum Gasteiger partial charge on any atom is -0.493 e. The Kier molecular flexibility index (Phi) is 9.63. The Morgan fingerprint density at radius 3 is 2.42 bits per heavy atom. The summed E-state index contributed by atoms with van der Waals surface area (Å²) in [5.74, 6) is 4.85. The third-order valence-corrected chi connectivity index (χ3v) is 4.98. The van der Waals surface area contributed by atoms with Gasteiger partial charge in [-0.05, 0) is 30.5 Å². The van der Waals surface area contributed by atoms with Crippen molar-refractivity contribution < 1.29 is 9.47 Å². The number of aliphatic imine (C=N–C) groups is 1. The van der Waals surface area contributed by atoms with Crippen LogP contribution in [0.4, 0.5) is 0 Å². The van der Waals surface area contributed by atoms with Crippen LogP contribution in [0, 0.1) is 12.3 Å². The second-order valence-electron chi connectivity index (χ2n) is 6.39. The number of ether oxygens (including phenoxy) is 2. The monoisotopic (exact) mass is 471 g/mol. The zero-order valence-electron chi connectivity index (χ0n) is 15.9. The molecule has 1 aliphatic rings. The molecule has 0 atom stereocenters. The molecular weight excluding hydrogens is 441 g/mol. The summed E-state index contributed by atoms with van der Waals surface area (Å²) in [6.07, 6.45) is 11.4. The quantitative estimate of drug-likeness (QED) is 0.289. The average Bonchev–Trinajstić information content (AvgIpc) is 2.68. The molecule has 1 fully saturated rings. The van der Waals surface area contributed by atoms with Crippen LogP contribution in [0.5, 0.6) is 11.5 Å². The van der Waals surface area contributed by atoms with Crippen LogP contribution < -0.4 is 20.1 Å². The fraction of sp³-hybridized carbons (Fsp3) is 0.550. The number of benzene rings is 1. The lowest BCUT2D eigenvalue weighted by Crippen LogP contribution is -2.46. The molecule has 1 aromatic rings. The Labute approximate surface area is 174 Å². The molecule has 144 valence electrons. The van der Waals surface area contributed by atoms with E-state index in [-0.39, 0.29) is 29.4 Å². The number of rotatable bonds is 6. The van der Waals surface area contributed by atoms with E-state index in [1.165, 1.54) is 24.8 Å². The summed E-state index contributed by atoms with van der Waals surface area (Å²) in [4.78, 5) is 4.25. The van der Waals surface area contributed by atoms with Crippen LogP contribution in [-0.2, 0) is 5.41 Å². The number of nitrogens with zero attached hydrogens (tertiary/aromatic N) is 1. The van der Waals surface area contributed by atoms with Gasteiger partial charge in [-0.3, -0.25) is 4.99 Å². The van der Waals surface area contributed by atoms with E-state index >= 15 is 0 Å². The van der Waals surface area contributed by atoms with Crippen LogP contribution in [-0.4, -0.2) is 40.3 Å². The van der Waals surface area contributed by atoms with Crippen LogP contribution in [0.25, 0.3) is 0 Å². The van der Waals surface area contributed by atoms with Crippen LogP contribution in [0.3, 0.4) is 0 Å². The van der Waals surface area contributed by atoms with Gasteiger partial charge in [-0.2, -0.15) is 0 Å². The second-order valence-corrected chi connectivity index (χ2v) is 6.39. The normalized spacial score (nSPS) is 16.0. The van der Waals surface area contributed by atoms with Gasteiger partial charge in [0, 0.05) is 19.0 Å². The summed E-state index contributed by atoms with van der Waals surface area (Å²) in [5.41, 5.74) is 1.34. The average molecular weight is 471 g/mol. The number of hydrogen-bond donors (Lipinski definition) is 2. The van der Waals surface area contributed by atoms with Gasteiger partial charge in [0.1, 0.15) is 0 Å². The first-order valence-electron chi connectivity index (χ1n) is 8.79. The minimum atomic E-state index is 0. The summed E-state index contributed by atoms with van der Waals surface area (Å²) >= 11 is 0. The third kappa shape index (κ3) is 5.44. The van der Waals surface area contributed by atoms with Crippen molar-refractivity contribution in [2.45, 2.75) is 37.5 Å². The number of methoxy groups -OCH3 is 2. The molecule has 0 spiro atoms. The molecule has 0 aliphatic heterocycles. The number of guanidine groups is 1. The van der Waals surface area contributed by atoms with E-state index in [0.717, 1.165) is 36.8 Å². The Bertz CT molecular complexity index is 634. The van der Waals surface area contributed by atoms with E-state index in [1.807, 2.05) is 6.07 Å². The molecule has 0 heterocycles. The van der Waals surface area contributed by atoms with Gasteiger partial charge in [-0.1, -0.05) is 31.2 Å². The fourth-order valence-corrected chi connectivity index (χ4v) is 3.57. The molecule has 1 aliphatic carbocycles.